The van der Waals surface area contributed by atoms with E-state index in [1.54, 1.807) is 0 Å². The third-order valence-electron chi connectivity index (χ3n) is 1.84. The van der Waals surface area contributed by atoms with E-state index in [-0.39, 0.29) is 17.5 Å². The lowest BCUT2D eigenvalue weighted by molar-refractivity contribution is -0.385. The van der Waals surface area contributed by atoms with Gasteiger partial charge in [0.1, 0.15) is 6.20 Å². The van der Waals surface area contributed by atoms with Gasteiger partial charge in [0.2, 0.25) is 11.8 Å². The highest BCUT2D eigenvalue weighted by molar-refractivity contribution is 9.10. The minimum atomic E-state index is -0.592. The first-order valence-corrected chi connectivity index (χ1v) is 5.09. The van der Waals surface area contributed by atoms with Gasteiger partial charge in [0, 0.05) is 6.20 Å². The molecule has 9 nitrogen and oxygen atoms in total. The van der Waals surface area contributed by atoms with Crippen molar-refractivity contribution < 1.29 is 4.92 Å². The average Bonchev–Trinajstić information content (AvgIpc) is 2.75. The molecule has 0 aromatic carbocycles. The Labute approximate surface area is 103 Å². The molecule has 88 valence electrons. The summed E-state index contributed by atoms with van der Waals surface area (Å²) in [6.45, 7) is 0. The second-order valence-corrected chi connectivity index (χ2v) is 3.82. The van der Waals surface area contributed by atoms with Crippen LogP contribution in [0.25, 0.3) is 5.82 Å². The van der Waals surface area contributed by atoms with E-state index in [4.69, 9.17) is 5.84 Å². The number of hydrogen-bond donors (Lipinski definition) is 2. The van der Waals surface area contributed by atoms with Gasteiger partial charge in [-0.15, -0.1) is 0 Å². The number of anilines is 1. The summed E-state index contributed by atoms with van der Waals surface area (Å²) < 4.78 is 1.93. The van der Waals surface area contributed by atoms with E-state index in [0.29, 0.717) is 4.47 Å². The first-order chi connectivity index (χ1) is 8.11. The Bertz CT molecular complexity index is 569. The lowest BCUT2D eigenvalue weighted by Crippen LogP contribution is -2.13. The van der Waals surface area contributed by atoms with E-state index in [0.717, 1.165) is 6.20 Å². The number of nitrogens with two attached hydrogens (primary N) is 1. The molecule has 3 N–H and O–H groups in total. The first kappa shape index (κ1) is 11.4. The predicted molar refractivity (Wildman–Crippen MR) is 61.3 cm³/mol. The molecule has 2 aromatic rings. The Morgan fingerprint density at radius 3 is 2.82 bits per heavy atom. The molecule has 0 atom stereocenters. The van der Waals surface area contributed by atoms with Crippen LogP contribution in [0.5, 0.6) is 0 Å². The van der Waals surface area contributed by atoms with E-state index in [2.05, 4.69) is 36.4 Å². The Morgan fingerprint density at radius 1 is 1.53 bits per heavy atom. The maximum Gasteiger partial charge on any atom is 0.332 e. The third-order valence-corrected chi connectivity index (χ3v) is 2.25. The van der Waals surface area contributed by atoms with Gasteiger partial charge in [-0.3, -0.25) is 15.5 Å². The minimum absolute atomic E-state index is 0.0312. The lowest BCUT2D eigenvalue weighted by atomic mass is 10.5. The van der Waals surface area contributed by atoms with Crippen LogP contribution in [0.4, 0.5) is 11.6 Å². The smallest absolute Gasteiger partial charge is 0.292 e. The number of hydrazine groups is 1. The van der Waals surface area contributed by atoms with Gasteiger partial charge in [0.15, 0.2) is 0 Å². The summed E-state index contributed by atoms with van der Waals surface area (Å²) in [6.07, 6.45) is 4.09. The third kappa shape index (κ3) is 2.21. The number of nitrogens with one attached hydrogen (secondary N) is 1. The Balaban J connectivity index is 2.60. The number of rotatable bonds is 3. The molecule has 0 fully saturated rings. The fourth-order valence-corrected chi connectivity index (χ4v) is 1.44. The van der Waals surface area contributed by atoms with Crippen LogP contribution in [0.1, 0.15) is 0 Å². The fourth-order valence-electron chi connectivity index (χ4n) is 1.15. The van der Waals surface area contributed by atoms with E-state index < -0.39 is 4.92 Å². The summed E-state index contributed by atoms with van der Waals surface area (Å²) in [7, 11) is 0. The van der Waals surface area contributed by atoms with E-state index in [1.807, 2.05) is 0 Å². The van der Waals surface area contributed by atoms with Crippen LogP contribution in [-0.4, -0.2) is 24.7 Å². The van der Waals surface area contributed by atoms with Gasteiger partial charge in [0.05, 0.1) is 15.6 Å². The van der Waals surface area contributed by atoms with E-state index in [9.17, 15) is 10.1 Å². The average molecular weight is 300 g/mol. The van der Waals surface area contributed by atoms with Crippen LogP contribution in [0.3, 0.4) is 0 Å². The van der Waals surface area contributed by atoms with Gasteiger partial charge in [-0.2, -0.15) is 10.1 Å². The number of aromatic nitrogens is 4. The molecule has 2 aromatic heterocycles. The molecular formula is C7H6BrN7O2. The quantitative estimate of drug-likeness (QED) is 0.483. The number of hydrogen-bond acceptors (Lipinski definition) is 7. The Kier molecular flexibility index (Phi) is 2.97. The second kappa shape index (κ2) is 4.43. The van der Waals surface area contributed by atoms with Gasteiger partial charge in [-0.25, -0.2) is 15.5 Å². The van der Waals surface area contributed by atoms with Crippen molar-refractivity contribution in [1.29, 1.82) is 0 Å². The number of halogens is 1. The lowest BCUT2D eigenvalue weighted by Gasteiger charge is -2.03. The fraction of sp³-hybridized carbons (Fsp3) is 0. The summed E-state index contributed by atoms with van der Waals surface area (Å²) in [5.74, 6) is 5.24. The molecule has 0 aliphatic carbocycles. The molecule has 0 spiro atoms. The predicted octanol–water partition coefficient (Wildman–Crippen LogP) is 0.619. The highest BCUT2D eigenvalue weighted by Gasteiger charge is 2.19. The van der Waals surface area contributed by atoms with Gasteiger partial charge < -0.3 is 0 Å². The molecule has 0 aliphatic heterocycles. The van der Waals surface area contributed by atoms with Crippen molar-refractivity contribution >= 4 is 27.6 Å². The topological polar surface area (TPSA) is 125 Å². The molecule has 10 heteroatoms. The number of nitrogens with zero attached hydrogens (tertiary/aromatic N) is 5. The van der Waals surface area contributed by atoms with E-state index in [1.165, 1.54) is 17.1 Å². The van der Waals surface area contributed by atoms with Crippen LogP contribution in [-0.2, 0) is 0 Å². The zero-order valence-corrected chi connectivity index (χ0v) is 9.83. The van der Waals surface area contributed by atoms with Crippen LogP contribution in [0, 0.1) is 10.1 Å². The minimum Gasteiger partial charge on any atom is -0.292 e. The molecule has 2 rings (SSSR count). The van der Waals surface area contributed by atoms with Crippen molar-refractivity contribution in [3.8, 4) is 5.82 Å². The summed E-state index contributed by atoms with van der Waals surface area (Å²) >= 11 is 3.19. The number of nitrogen functional groups attached to an aromatic ring is 1. The molecule has 0 radical (unpaired) electrons. The standard InChI is InChI=1S/C7H6BrN7O2/c8-4-1-11-14(3-4)6-5(15(16)17)2-10-7(12-6)13-9/h1-3H,9H2,(H,10,12,13). The van der Waals surface area contributed by atoms with Crippen LogP contribution in [0.2, 0.25) is 0 Å². The normalized spacial score (nSPS) is 10.2. The summed E-state index contributed by atoms with van der Waals surface area (Å²) in [5, 5.41) is 14.7. The van der Waals surface area contributed by atoms with Crippen molar-refractivity contribution in [2.24, 2.45) is 5.84 Å². The van der Waals surface area contributed by atoms with Crippen LogP contribution in [0.15, 0.2) is 23.1 Å². The van der Waals surface area contributed by atoms with Crippen molar-refractivity contribution in [3.05, 3.63) is 33.2 Å². The van der Waals surface area contributed by atoms with Gasteiger partial charge in [0.25, 0.3) is 0 Å². The van der Waals surface area contributed by atoms with Crippen molar-refractivity contribution in [1.82, 2.24) is 19.7 Å². The Morgan fingerprint density at radius 2 is 2.29 bits per heavy atom. The van der Waals surface area contributed by atoms with Gasteiger partial charge in [-0.1, -0.05) is 0 Å². The molecule has 2 heterocycles. The van der Waals surface area contributed by atoms with Crippen LogP contribution >= 0.6 is 15.9 Å². The zero-order chi connectivity index (χ0) is 12.4. The summed E-state index contributed by atoms with van der Waals surface area (Å²) in [4.78, 5) is 17.8. The van der Waals surface area contributed by atoms with E-state index >= 15 is 0 Å². The second-order valence-electron chi connectivity index (χ2n) is 2.91. The Hall–Kier alpha value is -2.07. The molecule has 0 saturated carbocycles. The maximum absolute atomic E-state index is 10.8. The van der Waals surface area contributed by atoms with Gasteiger partial charge >= 0.3 is 5.69 Å². The highest BCUT2D eigenvalue weighted by atomic mass is 79.9. The van der Waals surface area contributed by atoms with Crippen molar-refractivity contribution in [2.45, 2.75) is 0 Å². The van der Waals surface area contributed by atoms with Crippen molar-refractivity contribution in [2.75, 3.05) is 5.43 Å². The summed E-state index contributed by atoms with van der Waals surface area (Å²) in [5.41, 5.74) is 1.95. The largest absolute Gasteiger partial charge is 0.332 e. The highest BCUT2D eigenvalue weighted by Crippen LogP contribution is 2.21. The number of nitro groups is 1. The molecule has 17 heavy (non-hydrogen) atoms. The monoisotopic (exact) mass is 299 g/mol. The van der Waals surface area contributed by atoms with Crippen molar-refractivity contribution in [3.63, 3.8) is 0 Å². The molecule has 0 unspecified atom stereocenters. The zero-order valence-electron chi connectivity index (χ0n) is 8.24. The van der Waals surface area contributed by atoms with Crippen LogP contribution < -0.4 is 11.3 Å². The molecule has 0 saturated heterocycles. The molecule has 0 amide bonds. The molecule has 0 aliphatic rings. The maximum atomic E-state index is 10.8. The molecular weight excluding hydrogens is 294 g/mol. The SMILES string of the molecule is NNc1ncc([N+](=O)[O-])c(-n2cc(Br)cn2)n1. The summed E-state index contributed by atoms with van der Waals surface area (Å²) in [6, 6.07) is 0. The molecule has 0 bridgehead atoms. The first-order valence-electron chi connectivity index (χ1n) is 4.30. The van der Waals surface area contributed by atoms with Gasteiger partial charge in [-0.05, 0) is 15.9 Å².